The number of fused-ring (bicyclic) bond motifs is 6. The number of carbonyl (C=O) groups is 3. The maximum Gasteiger partial charge on any atom is 0.330 e. The molecule has 0 aromatic heterocycles. The van der Waals surface area contributed by atoms with Gasteiger partial charge in [0.1, 0.15) is 6.04 Å². The number of carbonyl (C=O) groups excluding carboxylic acids is 3. The van der Waals surface area contributed by atoms with Crippen molar-refractivity contribution in [2.45, 2.75) is 18.2 Å². The molecule has 3 aliphatic rings. The molecule has 2 saturated heterocycles. The van der Waals surface area contributed by atoms with Crippen molar-refractivity contribution < 1.29 is 19.1 Å². The van der Waals surface area contributed by atoms with Crippen LogP contribution in [0, 0.1) is 11.8 Å². The van der Waals surface area contributed by atoms with Crippen LogP contribution < -0.4 is 4.90 Å². The van der Waals surface area contributed by atoms with E-state index in [1.807, 2.05) is 139 Å². The van der Waals surface area contributed by atoms with E-state index in [2.05, 4.69) is 0 Å². The second-order valence-corrected chi connectivity index (χ2v) is 11.5. The number of anilines is 1. The van der Waals surface area contributed by atoms with Crippen molar-refractivity contribution in [3.63, 3.8) is 0 Å². The molecule has 0 unspecified atom stereocenters. The fourth-order valence-corrected chi connectivity index (χ4v) is 7.24. The minimum Gasteiger partial charge on any atom is -0.451 e. The monoisotopic (exact) mass is 576 g/mol. The molecule has 2 fully saturated rings. The number of hydrogen-bond acceptors (Lipinski definition) is 5. The fourth-order valence-electron chi connectivity index (χ4n) is 7.24. The average molecular weight is 577 g/mol. The summed E-state index contributed by atoms with van der Waals surface area (Å²) in [5.41, 5.74) is 4.07. The molecule has 0 radical (unpaired) electrons. The lowest BCUT2D eigenvalue weighted by atomic mass is 9.84. The highest BCUT2D eigenvalue weighted by Crippen LogP contribution is 2.54. The molecule has 5 aromatic carbocycles. The van der Waals surface area contributed by atoms with Gasteiger partial charge in [-0.05, 0) is 39.8 Å². The molecule has 0 aliphatic carbocycles. The first-order valence-electron chi connectivity index (χ1n) is 14.8. The van der Waals surface area contributed by atoms with Gasteiger partial charge in [0.05, 0.1) is 23.6 Å². The topological polar surface area (TPSA) is 66.9 Å². The van der Waals surface area contributed by atoms with E-state index in [1.54, 1.807) is 6.07 Å². The van der Waals surface area contributed by atoms with Gasteiger partial charge in [0, 0.05) is 11.6 Å². The predicted octanol–water partition coefficient (Wildman–Crippen LogP) is 6.69. The molecule has 3 heterocycles. The zero-order valence-corrected chi connectivity index (χ0v) is 23.7. The van der Waals surface area contributed by atoms with E-state index in [0.717, 1.165) is 33.0 Å². The number of rotatable bonds is 5. The van der Waals surface area contributed by atoms with E-state index in [0.29, 0.717) is 5.69 Å². The molecule has 0 bridgehead atoms. The van der Waals surface area contributed by atoms with Gasteiger partial charge in [0.25, 0.3) is 0 Å². The van der Waals surface area contributed by atoms with E-state index < -0.39 is 36.0 Å². The Kier molecular flexibility index (Phi) is 6.15. The van der Waals surface area contributed by atoms with E-state index in [9.17, 15) is 14.4 Å². The Labute approximate surface area is 254 Å². The molecule has 0 saturated carbocycles. The van der Waals surface area contributed by atoms with Crippen LogP contribution in [0.25, 0.3) is 16.8 Å². The van der Waals surface area contributed by atoms with Crippen LogP contribution in [-0.4, -0.2) is 28.7 Å². The molecule has 0 N–H and O–H groups in total. The van der Waals surface area contributed by atoms with Crippen LogP contribution in [0.2, 0.25) is 0 Å². The van der Waals surface area contributed by atoms with E-state index in [-0.39, 0.29) is 11.8 Å². The molecule has 6 heteroatoms. The largest absolute Gasteiger partial charge is 0.451 e. The third-order valence-corrected chi connectivity index (χ3v) is 9.15. The van der Waals surface area contributed by atoms with Gasteiger partial charge in [-0.1, -0.05) is 121 Å². The summed E-state index contributed by atoms with van der Waals surface area (Å²) in [4.78, 5) is 46.6. The highest BCUT2D eigenvalue weighted by Gasteiger charge is 2.65. The number of hydrogen-bond donors (Lipinski definition) is 0. The number of nitrogens with zero attached hydrogens (tertiary/aromatic N) is 2. The molecule has 8 rings (SSSR count). The van der Waals surface area contributed by atoms with Gasteiger partial charge < -0.3 is 9.64 Å². The van der Waals surface area contributed by atoms with Crippen LogP contribution in [0.4, 0.5) is 5.69 Å². The Hall–Kier alpha value is -5.49. The van der Waals surface area contributed by atoms with Gasteiger partial charge in [-0.2, -0.15) is 0 Å². The molecule has 0 spiro atoms. The summed E-state index contributed by atoms with van der Waals surface area (Å²) >= 11 is 0. The Morgan fingerprint density at radius 2 is 1.27 bits per heavy atom. The zero-order chi connectivity index (χ0) is 29.8. The number of esters is 1. The average Bonchev–Trinajstić information content (AvgIpc) is 3.56. The minimum absolute atomic E-state index is 0.297. The molecule has 5 aromatic rings. The summed E-state index contributed by atoms with van der Waals surface area (Å²) < 4.78 is 6.35. The fraction of sp³-hybridized carbons (Fsp3) is 0.132. The summed E-state index contributed by atoms with van der Waals surface area (Å²) in [6.45, 7) is 0. The Bertz CT molecular complexity index is 1910. The van der Waals surface area contributed by atoms with Crippen LogP contribution >= 0.6 is 0 Å². The van der Waals surface area contributed by atoms with Crippen molar-refractivity contribution >= 4 is 40.3 Å². The van der Waals surface area contributed by atoms with Crippen LogP contribution in [0.15, 0.2) is 134 Å². The Morgan fingerprint density at radius 1 is 0.659 bits per heavy atom. The lowest BCUT2D eigenvalue weighted by Gasteiger charge is -2.35. The maximum absolute atomic E-state index is 14.5. The highest BCUT2D eigenvalue weighted by atomic mass is 16.5. The summed E-state index contributed by atoms with van der Waals surface area (Å²) in [6, 6.07) is 38.9. The van der Waals surface area contributed by atoms with Gasteiger partial charge in [-0.25, -0.2) is 9.69 Å². The van der Waals surface area contributed by atoms with Crippen molar-refractivity contribution in [3.05, 3.63) is 156 Å². The number of ether oxygens (including phenoxy) is 1. The molecule has 44 heavy (non-hydrogen) atoms. The first-order valence-corrected chi connectivity index (χ1v) is 14.8. The van der Waals surface area contributed by atoms with Crippen molar-refractivity contribution in [3.8, 4) is 0 Å². The van der Waals surface area contributed by atoms with Crippen molar-refractivity contribution in [2.75, 3.05) is 4.90 Å². The molecular weight excluding hydrogens is 548 g/mol. The third kappa shape index (κ3) is 3.98. The summed E-state index contributed by atoms with van der Waals surface area (Å²) in [7, 11) is 0. The second kappa shape index (κ2) is 10.3. The molecule has 214 valence electrons. The van der Waals surface area contributed by atoms with Crippen LogP contribution in [0.3, 0.4) is 0 Å². The lowest BCUT2D eigenvalue weighted by Crippen LogP contribution is -2.45. The van der Waals surface area contributed by atoms with E-state index >= 15 is 0 Å². The smallest absolute Gasteiger partial charge is 0.330 e. The SMILES string of the molecule is O=C(OC(c1ccccc1)c1ccccc1)[C@H]1[C@@H]2C(=O)N(c3cccc4ccccc34)C(=O)[C@@H]2[C@H]2c3ccccc3C=CN21. The molecule has 4 atom stereocenters. The Balaban J connectivity index is 1.24. The number of amides is 2. The summed E-state index contributed by atoms with van der Waals surface area (Å²) in [6.07, 6.45) is 3.11. The van der Waals surface area contributed by atoms with Gasteiger partial charge in [-0.15, -0.1) is 0 Å². The molecular formula is C38H28N2O4. The van der Waals surface area contributed by atoms with Gasteiger partial charge in [0.2, 0.25) is 11.8 Å². The second-order valence-electron chi connectivity index (χ2n) is 11.5. The molecule has 3 aliphatic heterocycles. The van der Waals surface area contributed by atoms with Gasteiger partial charge in [0.15, 0.2) is 6.10 Å². The van der Waals surface area contributed by atoms with Crippen LogP contribution in [0.1, 0.15) is 34.4 Å². The maximum atomic E-state index is 14.5. The summed E-state index contributed by atoms with van der Waals surface area (Å²) in [5.74, 6) is -2.88. The molecule has 6 nitrogen and oxygen atoms in total. The van der Waals surface area contributed by atoms with Crippen molar-refractivity contribution in [2.24, 2.45) is 11.8 Å². The Morgan fingerprint density at radius 3 is 2.02 bits per heavy atom. The molecule has 2 amide bonds. The van der Waals surface area contributed by atoms with Crippen molar-refractivity contribution in [1.82, 2.24) is 4.90 Å². The first kappa shape index (κ1) is 26.2. The van der Waals surface area contributed by atoms with Crippen molar-refractivity contribution in [1.29, 1.82) is 0 Å². The van der Waals surface area contributed by atoms with Gasteiger partial charge in [-0.3, -0.25) is 9.59 Å². The standard InChI is InChI=1S/C38H28N2O4/c41-36-31-32(37(42)40(36)30-21-11-18-24-12-7-9-19-28(24)30)34(39-23-22-25-13-8-10-20-29(25)33(31)39)38(43)44-35(26-14-3-1-4-15-26)27-16-5-2-6-17-27/h1-23,31-35H/t31-,32+,33+,34+/m0/s1. The predicted molar refractivity (Wildman–Crippen MR) is 168 cm³/mol. The highest BCUT2D eigenvalue weighted by molar-refractivity contribution is 6.26. The van der Waals surface area contributed by atoms with E-state index in [1.165, 1.54) is 4.90 Å². The first-order chi connectivity index (χ1) is 21.6. The van der Waals surface area contributed by atoms with Gasteiger partial charge >= 0.3 is 5.97 Å². The van der Waals surface area contributed by atoms with Crippen LogP contribution in [0.5, 0.6) is 0 Å². The third-order valence-electron chi connectivity index (χ3n) is 9.15. The lowest BCUT2D eigenvalue weighted by molar-refractivity contribution is -0.155. The summed E-state index contributed by atoms with van der Waals surface area (Å²) in [5, 5.41) is 1.74. The normalized spacial score (nSPS) is 21.8. The quantitative estimate of drug-likeness (QED) is 0.172. The number of imide groups is 1. The zero-order valence-electron chi connectivity index (χ0n) is 23.7. The minimum atomic E-state index is -0.985. The van der Waals surface area contributed by atoms with E-state index in [4.69, 9.17) is 4.74 Å². The van der Waals surface area contributed by atoms with Crippen LogP contribution in [-0.2, 0) is 19.1 Å². The number of benzene rings is 5.